The number of nitrogens with two attached hydrogens (primary N) is 4. The fourth-order valence-corrected chi connectivity index (χ4v) is 12.2. The molecule has 0 aromatic rings. The van der Waals surface area contributed by atoms with Gasteiger partial charge in [0.05, 0.1) is 28.4 Å². The molecule has 0 aromatic heterocycles. The number of carbonyl (C=O) groups excluding carboxylic acids is 16. The molecule has 6 atom stereocenters. The van der Waals surface area contributed by atoms with Gasteiger partial charge in [0.15, 0.2) is 0 Å². The molecule has 4 rings (SSSR count). The number of carbonyl (C=O) groups is 16. The molecule has 0 saturated heterocycles. The van der Waals surface area contributed by atoms with E-state index in [4.69, 9.17) is 22.9 Å². The Morgan fingerprint density at radius 2 is 0.528 bits per heavy atom. The van der Waals surface area contributed by atoms with Crippen LogP contribution in [0.15, 0.2) is 0 Å². The third kappa shape index (κ3) is 40.8. The fraction of sp³-hybridized carbons (Fsp3) is 0.771. The second-order valence-electron chi connectivity index (χ2n) is 27.6. The normalized spacial score (nSPS) is 15.1. The Labute approximate surface area is 620 Å². The molecule has 0 bridgehead atoms. The average molecular weight is 1510 g/mol. The van der Waals surface area contributed by atoms with E-state index in [1.807, 2.05) is 0 Å². The van der Waals surface area contributed by atoms with Crippen molar-refractivity contribution in [3.8, 4) is 0 Å². The summed E-state index contributed by atoms with van der Waals surface area (Å²) in [6, 6.07) is -1.96. The number of nitrogens with zero attached hydrogens (tertiary/aromatic N) is 2. The summed E-state index contributed by atoms with van der Waals surface area (Å²) in [4.78, 5) is 199. The van der Waals surface area contributed by atoms with E-state index >= 15 is 0 Å². The van der Waals surface area contributed by atoms with Crippen LogP contribution in [0.2, 0.25) is 0 Å². The second-order valence-corrected chi connectivity index (χ2v) is 27.6. The molecule has 18 N–H and O–H groups in total. The van der Waals surface area contributed by atoms with Crippen molar-refractivity contribution in [1.82, 2.24) is 63.0 Å². The lowest BCUT2D eigenvalue weighted by Gasteiger charge is -2.23. The minimum absolute atomic E-state index is 0.134. The molecule has 36 nitrogen and oxygen atoms in total. The Hall–Kier alpha value is -9.28. The number of unbranched alkanes of at least 4 members (excludes halogenated alkanes) is 6. The van der Waals surface area contributed by atoms with Crippen molar-refractivity contribution >= 4 is 95.3 Å². The highest BCUT2D eigenvalue weighted by Crippen LogP contribution is 2.41. The summed E-state index contributed by atoms with van der Waals surface area (Å²) in [5, 5.41) is 26.2. The Kier molecular flexibility index (Phi) is 44.5. The van der Waals surface area contributed by atoms with Gasteiger partial charge in [0.2, 0.25) is 70.9 Å². The van der Waals surface area contributed by atoms with Crippen LogP contribution in [0, 0.1) is 47.3 Å². The number of hydrogen-bond acceptors (Lipinski definition) is 20. The molecule has 0 radical (unpaired) electrons. The minimum Gasteiger partial charge on any atom is -0.453 e. The lowest BCUT2D eigenvalue weighted by Crippen LogP contribution is -2.49. The van der Waals surface area contributed by atoms with Gasteiger partial charge in [0.1, 0.15) is 38.3 Å². The Bertz CT molecular complexity index is 2560. The molecule has 4 aliphatic carbocycles. The average Bonchev–Trinajstić information content (AvgIpc) is 1.73. The third-order valence-corrected chi connectivity index (χ3v) is 18.9. The molecule has 0 spiro atoms. The molecule has 0 aromatic carbocycles. The van der Waals surface area contributed by atoms with Crippen LogP contribution in [0.5, 0.6) is 0 Å². The van der Waals surface area contributed by atoms with Crippen molar-refractivity contribution in [3.63, 3.8) is 0 Å². The van der Waals surface area contributed by atoms with E-state index in [1.165, 1.54) is 14.2 Å². The maximum Gasteiger partial charge on any atom is 0.407 e. The maximum absolute atomic E-state index is 13.3. The number of amides is 16. The van der Waals surface area contributed by atoms with Crippen LogP contribution in [0.25, 0.3) is 0 Å². The standard InChI is InChI=1S/2C35H60N8O10/c2*1-52-34(50)41-19-8-5-11-27(42-35(51)53-2)33(49)40-20-16-30(46)43(21-28(44)38-17-6-3-9-25(31(36)47)23-12-13-23)22-29(45)39-18-7-4-10-26(32(37)48)24-14-15-24/h2*23-27H,3-22H2,1-2H3,(H2,36,47)(H2,37,48)(H,38,44)(H,39,45)(H,40,49)(H,41,50)(H,42,51)/t2*25?,26?,27-/m00/s1. The Morgan fingerprint density at radius 1 is 0.302 bits per heavy atom. The van der Waals surface area contributed by atoms with Crippen molar-refractivity contribution in [2.24, 2.45) is 70.3 Å². The number of primary amides is 4. The number of alkyl carbamates (subject to hydrolysis) is 4. The zero-order valence-corrected chi connectivity index (χ0v) is 62.4. The highest BCUT2D eigenvalue weighted by atomic mass is 16.5. The van der Waals surface area contributed by atoms with Crippen LogP contribution < -0.4 is 76.1 Å². The number of nitrogens with one attached hydrogen (secondary N) is 10. The van der Waals surface area contributed by atoms with Crippen LogP contribution in [-0.2, 0) is 76.5 Å². The predicted octanol–water partition coefficient (Wildman–Crippen LogP) is 0.336. The summed E-state index contributed by atoms with van der Waals surface area (Å²) in [6.07, 6.45) is 15.0. The highest BCUT2D eigenvalue weighted by Gasteiger charge is 2.37. The molecule has 4 fully saturated rings. The summed E-state index contributed by atoms with van der Waals surface area (Å²) in [6.45, 7) is 0.0581. The lowest BCUT2D eigenvalue weighted by atomic mass is 9.96. The zero-order chi connectivity index (χ0) is 78.3. The molecule has 4 aliphatic rings. The largest absolute Gasteiger partial charge is 0.453 e. The van der Waals surface area contributed by atoms with Crippen LogP contribution >= 0.6 is 0 Å². The fourth-order valence-electron chi connectivity index (χ4n) is 12.2. The first kappa shape index (κ1) is 90.9. The molecular weight excluding hydrogens is 1380 g/mol. The van der Waals surface area contributed by atoms with E-state index < -0.39 is 83.7 Å². The van der Waals surface area contributed by atoms with Crippen molar-refractivity contribution < 1.29 is 95.7 Å². The summed E-state index contributed by atoms with van der Waals surface area (Å²) in [5.74, 6) is -4.49. The van der Waals surface area contributed by atoms with Gasteiger partial charge >= 0.3 is 24.4 Å². The minimum atomic E-state index is -0.978. The summed E-state index contributed by atoms with van der Waals surface area (Å²) < 4.78 is 18.3. The van der Waals surface area contributed by atoms with Gasteiger partial charge in [-0.1, -0.05) is 25.7 Å². The summed E-state index contributed by atoms with van der Waals surface area (Å²) >= 11 is 0. The molecule has 4 unspecified atom stereocenters. The smallest absolute Gasteiger partial charge is 0.407 e. The van der Waals surface area contributed by atoms with E-state index in [1.54, 1.807) is 0 Å². The van der Waals surface area contributed by atoms with Crippen molar-refractivity contribution in [2.75, 3.05) is 107 Å². The lowest BCUT2D eigenvalue weighted by molar-refractivity contribution is -0.139. The van der Waals surface area contributed by atoms with Gasteiger partial charge in [-0.25, -0.2) is 19.2 Å². The van der Waals surface area contributed by atoms with E-state index in [0.717, 1.165) is 75.4 Å². The van der Waals surface area contributed by atoms with E-state index in [0.29, 0.717) is 166 Å². The summed E-state index contributed by atoms with van der Waals surface area (Å²) in [5.41, 5.74) is 22.1. The monoisotopic (exact) mass is 1500 g/mol. The second kappa shape index (κ2) is 51.8. The van der Waals surface area contributed by atoms with Gasteiger partial charge in [-0.2, -0.15) is 0 Å². The third-order valence-electron chi connectivity index (χ3n) is 18.9. The van der Waals surface area contributed by atoms with E-state index in [-0.39, 0.29) is 112 Å². The van der Waals surface area contributed by atoms with E-state index in [9.17, 15) is 76.7 Å². The highest BCUT2D eigenvalue weighted by molar-refractivity contribution is 5.92. The van der Waals surface area contributed by atoms with Crippen molar-refractivity contribution in [1.29, 1.82) is 0 Å². The van der Waals surface area contributed by atoms with Crippen LogP contribution in [-0.4, -0.2) is 224 Å². The topological polar surface area (TPSA) is 541 Å². The van der Waals surface area contributed by atoms with Gasteiger partial charge in [0.25, 0.3) is 0 Å². The molecule has 4 saturated carbocycles. The van der Waals surface area contributed by atoms with E-state index in [2.05, 4.69) is 72.1 Å². The first-order valence-corrected chi connectivity index (χ1v) is 37.4. The van der Waals surface area contributed by atoms with Crippen LogP contribution in [0.1, 0.15) is 180 Å². The predicted molar refractivity (Wildman–Crippen MR) is 385 cm³/mol. The van der Waals surface area contributed by atoms with Gasteiger partial charge in [0, 0.05) is 88.9 Å². The molecule has 600 valence electrons. The molecular formula is C70H120N16O20. The quantitative estimate of drug-likeness (QED) is 0.0288. The van der Waals surface area contributed by atoms with Gasteiger partial charge in [-0.15, -0.1) is 0 Å². The number of ether oxygens (including phenoxy) is 4. The molecule has 0 heterocycles. The van der Waals surface area contributed by atoms with Crippen LogP contribution in [0.3, 0.4) is 0 Å². The molecule has 0 aliphatic heterocycles. The number of hydrogen-bond donors (Lipinski definition) is 14. The van der Waals surface area contributed by atoms with Gasteiger partial charge in [-0.05, 0) is 165 Å². The van der Waals surface area contributed by atoms with Gasteiger partial charge in [-0.3, -0.25) is 57.5 Å². The molecule has 16 amide bonds. The first-order chi connectivity index (χ1) is 50.7. The Morgan fingerprint density at radius 3 is 0.745 bits per heavy atom. The summed E-state index contributed by atoms with van der Waals surface area (Å²) in [7, 11) is 4.81. The molecule has 36 heteroatoms. The zero-order valence-electron chi connectivity index (χ0n) is 62.4. The maximum atomic E-state index is 13.3. The Balaban J connectivity index is 0.000000550. The van der Waals surface area contributed by atoms with Crippen LogP contribution in [0.4, 0.5) is 19.2 Å². The molecule has 106 heavy (non-hydrogen) atoms. The van der Waals surface area contributed by atoms with Crippen molar-refractivity contribution in [2.45, 2.75) is 192 Å². The number of methoxy groups -OCH3 is 4. The van der Waals surface area contributed by atoms with Gasteiger partial charge < -0.3 is 105 Å². The number of rotatable bonds is 56. The first-order valence-electron chi connectivity index (χ1n) is 37.4. The van der Waals surface area contributed by atoms with Crippen molar-refractivity contribution in [3.05, 3.63) is 0 Å². The SMILES string of the molecule is COC(=O)NCCCC[C@H](NC(=O)OC)C(=O)NCCC(=O)N(CC(=O)NCCCCC(C(N)=O)C1CC1)CC(=O)NCCCCC(C(N)=O)C1CC1.COC(=O)NCCCC[C@H](NC(=O)OC)C(=O)NCCC(=O)N(CC(=O)NCCCCC(C(N)=O)C1CC1)CC(=O)NCCCCC(C(N)=O)C1CC1.